The first kappa shape index (κ1) is 16.1. The first-order valence-corrected chi connectivity index (χ1v) is 7.12. The first-order valence-electron chi connectivity index (χ1n) is 7.12. The molecule has 0 N–H and O–H groups in total. The molecule has 0 spiro atoms. The largest absolute Gasteiger partial charge is 0.509 e. The Hall–Kier alpha value is -1.95. The maximum Gasteiger partial charge on any atom is 0.509 e. The predicted molar refractivity (Wildman–Crippen MR) is 79.1 cm³/mol. The molecule has 0 unspecified atom stereocenters. The molecule has 0 fully saturated rings. The number of rotatable bonds is 6. The van der Waals surface area contributed by atoms with E-state index in [-0.39, 0.29) is 12.7 Å². The standard InChI is InChI=1S/C17H22O3/c1-3-5-6-10-13-16(4-2)20-17(18)19-14-15-11-8-7-9-12-15/h7-9,11-12,16H,3-6,14H2,1-2H3/t16-/m0/s1. The molecular formula is C17H22O3. The van der Waals surface area contributed by atoms with E-state index in [0.29, 0.717) is 6.42 Å². The van der Waals surface area contributed by atoms with E-state index in [9.17, 15) is 4.79 Å². The van der Waals surface area contributed by atoms with Gasteiger partial charge < -0.3 is 9.47 Å². The topological polar surface area (TPSA) is 35.5 Å². The van der Waals surface area contributed by atoms with Crippen LogP contribution < -0.4 is 0 Å². The van der Waals surface area contributed by atoms with Gasteiger partial charge in [-0.2, -0.15) is 0 Å². The van der Waals surface area contributed by atoms with Crippen molar-refractivity contribution in [1.82, 2.24) is 0 Å². The molecular weight excluding hydrogens is 252 g/mol. The van der Waals surface area contributed by atoms with Gasteiger partial charge >= 0.3 is 6.16 Å². The Morgan fingerprint density at radius 1 is 1.25 bits per heavy atom. The summed E-state index contributed by atoms with van der Waals surface area (Å²) in [4.78, 5) is 11.6. The summed E-state index contributed by atoms with van der Waals surface area (Å²) in [6.07, 6.45) is 2.66. The fraction of sp³-hybridized carbons (Fsp3) is 0.471. The van der Waals surface area contributed by atoms with Crippen molar-refractivity contribution in [2.24, 2.45) is 0 Å². The van der Waals surface area contributed by atoms with Crippen LogP contribution in [0.4, 0.5) is 4.79 Å². The van der Waals surface area contributed by atoms with Crippen molar-refractivity contribution in [1.29, 1.82) is 0 Å². The van der Waals surface area contributed by atoms with Crippen LogP contribution in [-0.4, -0.2) is 12.3 Å². The van der Waals surface area contributed by atoms with E-state index in [1.807, 2.05) is 37.3 Å². The second kappa shape index (κ2) is 9.91. The van der Waals surface area contributed by atoms with E-state index >= 15 is 0 Å². The summed E-state index contributed by atoms with van der Waals surface area (Å²) in [5, 5.41) is 0. The lowest BCUT2D eigenvalue weighted by Crippen LogP contribution is -2.16. The first-order chi connectivity index (χ1) is 9.76. The van der Waals surface area contributed by atoms with Crippen molar-refractivity contribution < 1.29 is 14.3 Å². The Morgan fingerprint density at radius 3 is 2.65 bits per heavy atom. The third-order valence-electron chi connectivity index (χ3n) is 2.73. The van der Waals surface area contributed by atoms with Gasteiger partial charge in [-0.05, 0) is 18.4 Å². The maximum absolute atomic E-state index is 11.6. The summed E-state index contributed by atoms with van der Waals surface area (Å²) >= 11 is 0. The van der Waals surface area contributed by atoms with Crippen molar-refractivity contribution >= 4 is 6.16 Å². The number of ether oxygens (including phenoxy) is 2. The van der Waals surface area contributed by atoms with Gasteiger partial charge in [0.15, 0.2) is 6.10 Å². The van der Waals surface area contributed by atoms with Gasteiger partial charge in [0.2, 0.25) is 0 Å². The molecule has 1 atom stereocenters. The van der Waals surface area contributed by atoms with E-state index in [0.717, 1.165) is 24.8 Å². The van der Waals surface area contributed by atoms with Gasteiger partial charge in [0.25, 0.3) is 0 Å². The van der Waals surface area contributed by atoms with Crippen molar-refractivity contribution in [3.8, 4) is 11.8 Å². The fourth-order valence-corrected chi connectivity index (χ4v) is 1.53. The number of hydrogen-bond acceptors (Lipinski definition) is 3. The summed E-state index contributed by atoms with van der Waals surface area (Å²) in [5.74, 6) is 5.99. The Morgan fingerprint density at radius 2 is 2.00 bits per heavy atom. The van der Waals surface area contributed by atoms with E-state index < -0.39 is 6.16 Å². The minimum atomic E-state index is -0.662. The molecule has 1 rings (SSSR count). The molecule has 0 aromatic heterocycles. The van der Waals surface area contributed by atoms with Gasteiger partial charge in [0.1, 0.15) is 6.61 Å². The average Bonchev–Trinajstić information content (AvgIpc) is 2.49. The summed E-state index contributed by atoms with van der Waals surface area (Å²) in [5.41, 5.74) is 0.937. The number of unbranched alkanes of at least 4 members (excludes halogenated alkanes) is 2. The van der Waals surface area contributed by atoms with E-state index in [2.05, 4.69) is 18.8 Å². The van der Waals surface area contributed by atoms with Gasteiger partial charge in [-0.15, -0.1) is 0 Å². The lowest BCUT2D eigenvalue weighted by Gasteiger charge is -2.10. The summed E-state index contributed by atoms with van der Waals surface area (Å²) in [6, 6.07) is 9.52. The third kappa shape index (κ3) is 6.84. The van der Waals surface area contributed by atoms with Gasteiger partial charge in [0.05, 0.1) is 0 Å². The van der Waals surface area contributed by atoms with Crippen LogP contribution in [0.3, 0.4) is 0 Å². The highest BCUT2D eigenvalue weighted by Crippen LogP contribution is 2.04. The molecule has 1 aromatic carbocycles. The maximum atomic E-state index is 11.6. The highest BCUT2D eigenvalue weighted by Gasteiger charge is 2.11. The molecule has 0 saturated carbocycles. The van der Waals surface area contributed by atoms with Crippen molar-refractivity contribution in [3.63, 3.8) is 0 Å². The highest BCUT2D eigenvalue weighted by molar-refractivity contribution is 5.60. The highest BCUT2D eigenvalue weighted by atomic mass is 16.7. The number of benzene rings is 1. The predicted octanol–water partition coefficient (Wildman–Crippen LogP) is 4.31. The van der Waals surface area contributed by atoms with Crippen molar-refractivity contribution in [2.45, 2.75) is 52.2 Å². The van der Waals surface area contributed by atoms with E-state index in [1.54, 1.807) is 0 Å². The monoisotopic (exact) mass is 274 g/mol. The normalized spacial score (nSPS) is 11.1. The second-order valence-corrected chi connectivity index (χ2v) is 4.46. The molecule has 3 heteroatoms. The number of carbonyl (C=O) groups excluding carboxylic acids is 1. The molecule has 0 saturated heterocycles. The molecule has 0 radical (unpaired) electrons. The van der Waals surface area contributed by atoms with Gasteiger partial charge in [-0.3, -0.25) is 0 Å². The minimum Gasteiger partial charge on any atom is -0.429 e. The van der Waals surface area contributed by atoms with Crippen LogP contribution in [0.2, 0.25) is 0 Å². The lowest BCUT2D eigenvalue weighted by molar-refractivity contribution is 0.0339. The van der Waals surface area contributed by atoms with Crippen molar-refractivity contribution in [3.05, 3.63) is 35.9 Å². The molecule has 1 aromatic rings. The molecule has 108 valence electrons. The van der Waals surface area contributed by atoms with Crippen LogP contribution >= 0.6 is 0 Å². The molecule has 0 aliphatic carbocycles. The molecule has 0 heterocycles. The number of carbonyl (C=O) groups is 1. The molecule has 0 aliphatic rings. The van der Waals surface area contributed by atoms with Crippen LogP contribution in [0.25, 0.3) is 0 Å². The Balaban J connectivity index is 2.33. The van der Waals surface area contributed by atoms with Crippen molar-refractivity contribution in [2.75, 3.05) is 0 Å². The summed E-state index contributed by atoms with van der Waals surface area (Å²) in [7, 11) is 0. The second-order valence-electron chi connectivity index (χ2n) is 4.46. The zero-order valence-corrected chi connectivity index (χ0v) is 12.2. The minimum absolute atomic E-state index is 0.222. The zero-order chi connectivity index (χ0) is 14.6. The SMILES string of the molecule is CCCCC#C[C@H](CC)OC(=O)OCc1ccccc1. The Kier molecular flexibility index (Phi) is 7.98. The fourth-order valence-electron chi connectivity index (χ4n) is 1.53. The van der Waals surface area contributed by atoms with E-state index in [4.69, 9.17) is 9.47 Å². The smallest absolute Gasteiger partial charge is 0.429 e. The molecule has 0 aliphatic heterocycles. The quantitative estimate of drug-likeness (QED) is 0.440. The molecule has 0 bridgehead atoms. The molecule has 20 heavy (non-hydrogen) atoms. The van der Waals surface area contributed by atoms with E-state index in [1.165, 1.54) is 0 Å². The van der Waals surface area contributed by atoms with Gasteiger partial charge in [-0.25, -0.2) is 4.79 Å². The lowest BCUT2D eigenvalue weighted by atomic mass is 10.2. The Labute approximate surface area is 121 Å². The molecule has 3 nitrogen and oxygen atoms in total. The van der Waals surface area contributed by atoms with Gasteiger partial charge in [-0.1, -0.05) is 62.4 Å². The third-order valence-corrected chi connectivity index (χ3v) is 2.73. The van der Waals surface area contributed by atoms with Crippen LogP contribution in [0.1, 0.15) is 45.1 Å². The Bertz CT molecular complexity index is 442. The van der Waals surface area contributed by atoms with Crippen LogP contribution in [0.15, 0.2) is 30.3 Å². The van der Waals surface area contributed by atoms with Crippen LogP contribution in [0, 0.1) is 11.8 Å². The average molecular weight is 274 g/mol. The molecule has 0 amide bonds. The zero-order valence-electron chi connectivity index (χ0n) is 12.2. The van der Waals surface area contributed by atoms with Crippen LogP contribution in [-0.2, 0) is 16.1 Å². The number of hydrogen-bond donors (Lipinski definition) is 0. The summed E-state index contributed by atoms with van der Waals surface area (Å²) in [6.45, 7) is 4.28. The summed E-state index contributed by atoms with van der Waals surface area (Å²) < 4.78 is 10.2. The van der Waals surface area contributed by atoms with Crippen LogP contribution in [0.5, 0.6) is 0 Å². The van der Waals surface area contributed by atoms with Gasteiger partial charge in [0, 0.05) is 6.42 Å².